The molecule has 0 fully saturated rings. The summed E-state index contributed by atoms with van der Waals surface area (Å²) in [6.07, 6.45) is 2.10. The molecule has 0 aromatic carbocycles. The summed E-state index contributed by atoms with van der Waals surface area (Å²) in [5.41, 5.74) is 0. The first kappa shape index (κ1) is 13.6. The van der Waals surface area contributed by atoms with Crippen molar-refractivity contribution in [3.8, 4) is 0 Å². The minimum atomic E-state index is -3.12. The lowest BCUT2D eigenvalue weighted by Gasteiger charge is -2.12. The second-order valence-electron chi connectivity index (χ2n) is 3.20. The van der Waals surface area contributed by atoms with Gasteiger partial charge >= 0.3 is 0 Å². The number of rotatable bonds is 8. The van der Waals surface area contributed by atoms with Crippen molar-refractivity contribution in [1.82, 2.24) is 10.0 Å². The Bertz CT molecular complexity index is 250. The monoisotopic (exact) mass is 220 g/mol. The lowest BCUT2D eigenvalue weighted by molar-refractivity contribution is 0.536. The van der Waals surface area contributed by atoms with Crippen molar-refractivity contribution >= 4 is 10.0 Å². The first-order valence-electron chi connectivity index (χ1n) is 4.83. The summed E-state index contributed by atoms with van der Waals surface area (Å²) in [4.78, 5) is 0. The minimum absolute atomic E-state index is 0.120. The third-order valence-electron chi connectivity index (χ3n) is 1.75. The Morgan fingerprint density at radius 1 is 1.50 bits per heavy atom. The van der Waals surface area contributed by atoms with Gasteiger partial charge in [0, 0.05) is 12.6 Å². The zero-order chi connectivity index (χ0) is 11.0. The maximum atomic E-state index is 11.3. The smallest absolute Gasteiger partial charge is 0.211 e. The van der Waals surface area contributed by atoms with Crippen LogP contribution in [0.2, 0.25) is 0 Å². The molecule has 1 atom stereocenters. The molecular weight excluding hydrogens is 200 g/mol. The molecule has 0 spiro atoms. The van der Waals surface area contributed by atoms with Gasteiger partial charge in [0.05, 0.1) is 5.75 Å². The summed E-state index contributed by atoms with van der Waals surface area (Å²) in [7, 11) is -3.12. The first-order valence-corrected chi connectivity index (χ1v) is 6.48. The van der Waals surface area contributed by atoms with Crippen LogP contribution in [0.15, 0.2) is 12.7 Å². The number of hydrogen-bond donors (Lipinski definition) is 2. The fourth-order valence-corrected chi connectivity index (χ4v) is 2.11. The van der Waals surface area contributed by atoms with Crippen LogP contribution in [-0.2, 0) is 10.0 Å². The van der Waals surface area contributed by atoms with E-state index < -0.39 is 10.0 Å². The lowest BCUT2D eigenvalue weighted by Crippen LogP contribution is -2.39. The molecule has 5 heteroatoms. The van der Waals surface area contributed by atoms with E-state index in [1.807, 2.05) is 13.8 Å². The predicted octanol–water partition coefficient (Wildman–Crippen LogP) is 0.480. The lowest BCUT2D eigenvalue weighted by atomic mass is 10.3. The van der Waals surface area contributed by atoms with Crippen LogP contribution in [0.5, 0.6) is 0 Å². The third-order valence-corrected chi connectivity index (χ3v) is 3.13. The Morgan fingerprint density at radius 2 is 2.14 bits per heavy atom. The molecule has 0 unspecified atom stereocenters. The number of allylic oxidation sites excluding steroid dienone is 1. The van der Waals surface area contributed by atoms with Crippen LogP contribution in [0.1, 0.15) is 20.3 Å². The molecule has 0 heterocycles. The van der Waals surface area contributed by atoms with Crippen LogP contribution in [-0.4, -0.2) is 33.3 Å². The Morgan fingerprint density at radius 3 is 2.64 bits per heavy atom. The van der Waals surface area contributed by atoms with E-state index >= 15 is 0 Å². The summed E-state index contributed by atoms with van der Waals surface area (Å²) in [6.45, 7) is 8.70. The highest BCUT2D eigenvalue weighted by Gasteiger charge is 2.09. The molecule has 0 bridgehead atoms. The summed E-state index contributed by atoms with van der Waals surface area (Å²) >= 11 is 0. The summed E-state index contributed by atoms with van der Waals surface area (Å²) in [5, 5.41) is 3.13. The zero-order valence-corrected chi connectivity index (χ0v) is 9.73. The normalized spacial score (nSPS) is 13.9. The molecule has 0 aromatic heterocycles. The molecule has 14 heavy (non-hydrogen) atoms. The SMILES string of the molecule is C=CCCS(=O)(=O)NC[C@@H](C)NCC. The standard InChI is InChI=1S/C9H20N2O2S/c1-4-6-7-14(12,13)11-8-9(3)10-5-2/h4,9-11H,1,5-8H2,2-3H3/t9-/m1/s1. The largest absolute Gasteiger partial charge is 0.313 e. The number of likely N-dealkylation sites (N-methyl/N-ethyl adjacent to an activating group) is 1. The average Bonchev–Trinajstić information content (AvgIpc) is 2.13. The molecule has 2 N–H and O–H groups in total. The van der Waals surface area contributed by atoms with E-state index in [1.165, 1.54) is 0 Å². The molecular formula is C9H20N2O2S. The van der Waals surface area contributed by atoms with Crippen molar-refractivity contribution < 1.29 is 8.42 Å². The van der Waals surface area contributed by atoms with E-state index in [4.69, 9.17) is 0 Å². The molecule has 0 rings (SSSR count). The van der Waals surface area contributed by atoms with Crippen LogP contribution < -0.4 is 10.0 Å². The molecule has 4 nitrogen and oxygen atoms in total. The second kappa shape index (κ2) is 6.98. The zero-order valence-electron chi connectivity index (χ0n) is 8.91. The van der Waals surface area contributed by atoms with E-state index in [2.05, 4.69) is 16.6 Å². The highest BCUT2D eigenvalue weighted by molar-refractivity contribution is 7.89. The van der Waals surface area contributed by atoms with E-state index in [-0.39, 0.29) is 11.8 Å². The van der Waals surface area contributed by atoms with Gasteiger partial charge < -0.3 is 5.32 Å². The number of sulfonamides is 1. The van der Waals surface area contributed by atoms with Gasteiger partial charge in [0.1, 0.15) is 0 Å². The molecule has 0 aliphatic carbocycles. The van der Waals surface area contributed by atoms with Gasteiger partial charge in [0.25, 0.3) is 0 Å². The first-order chi connectivity index (χ1) is 6.52. The number of hydrogen-bond acceptors (Lipinski definition) is 3. The maximum absolute atomic E-state index is 11.3. The molecule has 0 aliphatic rings. The Hall–Kier alpha value is -0.390. The Kier molecular flexibility index (Phi) is 6.78. The van der Waals surface area contributed by atoms with Crippen LogP contribution in [0, 0.1) is 0 Å². The van der Waals surface area contributed by atoms with Crippen LogP contribution >= 0.6 is 0 Å². The highest BCUT2D eigenvalue weighted by Crippen LogP contribution is 1.90. The molecule has 0 amide bonds. The quantitative estimate of drug-likeness (QED) is 0.585. The topological polar surface area (TPSA) is 58.2 Å². The van der Waals surface area contributed by atoms with Gasteiger partial charge in [-0.3, -0.25) is 0 Å². The highest BCUT2D eigenvalue weighted by atomic mass is 32.2. The van der Waals surface area contributed by atoms with E-state index in [0.29, 0.717) is 13.0 Å². The van der Waals surface area contributed by atoms with Gasteiger partial charge in [-0.25, -0.2) is 13.1 Å². The van der Waals surface area contributed by atoms with Gasteiger partial charge in [-0.15, -0.1) is 6.58 Å². The Labute approximate surface area is 86.8 Å². The van der Waals surface area contributed by atoms with Crippen molar-refractivity contribution in [2.75, 3.05) is 18.8 Å². The summed E-state index contributed by atoms with van der Waals surface area (Å²) in [5.74, 6) is 0.120. The fourth-order valence-electron chi connectivity index (χ4n) is 0.983. The molecule has 0 aromatic rings. The Balaban J connectivity index is 3.80. The van der Waals surface area contributed by atoms with Gasteiger partial charge in [-0.2, -0.15) is 0 Å². The molecule has 0 saturated carbocycles. The number of nitrogens with one attached hydrogen (secondary N) is 2. The molecule has 0 aliphatic heterocycles. The average molecular weight is 220 g/mol. The van der Waals surface area contributed by atoms with Crippen molar-refractivity contribution in [3.05, 3.63) is 12.7 Å². The van der Waals surface area contributed by atoms with Crippen LogP contribution in [0.3, 0.4) is 0 Å². The van der Waals surface area contributed by atoms with Gasteiger partial charge in [0.15, 0.2) is 0 Å². The third kappa shape index (κ3) is 7.06. The van der Waals surface area contributed by atoms with Gasteiger partial charge in [-0.1, -0.05) is 13.0 Å². The fraction of sp³-hybridized carbons (Fsp3) is 0.778. The van der Waals surface area contributed by atoms with Crippen molar-refractivity contribution in [2.45, 2.75) is 26.3 Å². The molecule has 84 valence electrons. The van der Waals surface area contributed by atoms with E-state index in [0.717, 1.165) is 6.54 Å². The van der Waals surface area contributed by atoms with Crippen molar-refractivity contribution in [3.63, 3.8) is 0 Å². The van der Waals surface area contributed by atoms with Crippen molar-refractivity contribution in [1.29, 1.82) is 0 Å². The van der Waals surface area contributed by atoms with E-state index in [9.17, 15) is 8.42 Å². The van der Waals surface area contributed by atoms with Gasteiger partial charge in [-0.05, 0) is 19.9 Å². The predicted molar refractivity (Wildman–Crippen MR) is 59.7 cm³/mol. The minimum Gasteiger partial charge on any atom is -0.313 e. The van der Waals surface area contributed by atoms with Crippen LogP contribution in [0.25, 0.3) is 0 Å². The van der Waals surface area contributed by atoms with Crippen molar-refractivity contribution in [2.24, 2.45) is 0 Å². The summed E-state index contributed by atoms with van der Waals surface area (Å²) < 4.78 is 25.2. The van der Waals surface area contributed by atoms with Gasteiger partial charge in [0.2, 0.25) is 10.0 Å². The van der Waals surface area contributed by atoms with E-state index in [1.54, 1.807) is 6.08 Å². The molecule has 0 saturated heterocycles. The molecule has 0 radical (unpaired) electrons. The maximum Gasteiger partial charge on any atom is 0.211 e. The summed E-state index contributed by atoms with van der Waals surface area (Å²) in [6, 6.07) is 0.165. The second-order valence-corrected chi connectivity index (χ2v) is 5.13. The van der Waals surface area contributed by atoms with Crippen LogP contribution in [0.4, 0.5) is 0 Å².